The molecule has 12 heavy (non-hydrogen) atoms. The molecule has 2 unspecified atom stereocenters. The summed E-state index contributed by atoms with van der Waals surface area (Å²) >= 11 is 0. The first-order valence-electron chi connectivity index (χ1n) is 5.26. The van der Waals surface area contributed by atoms with Crippen LogP contribution in [0.3, 0.4) is 0 Å². The van der Waals surface area contributed by atoms with Gasteiger partial charge in [-0.25, -0.2) is 0 Å². The molecule has 1 saturated heterocycles. The van der Waals surface area contributed by atoms with E-state index in [4.69, 9.17) is 5.73 Å². The molecule has 0 aromatic heterocycles. The Balaban J connectivity index is 1.44. The number of fused-ring (bicyclic) bond motifs is 1. The van der Waals surface area contributed by atoms with E-state index in [1.807, 2.05) is 0 Å². The molecule has 2 nitrogen and oxygen atoms in total. The normalized spacial score (nSPS) is 42.8. The molecule has 0 aromatic carbocycles. The van der Waals surface area contributed by atoms with Gasteiger partial charge in [-0.05, 0) is 44.1 Å². The number of nitrogens with zero attached hydrogens (tertiary/aromatic N) is 1. The van der Waals surface area contributed by atoms with Crippen molar-refractivity contribution in [1.29, 1.82) is 0 Å². The van der Waals surface area contributed by atoms with Crippen LogP contribution in [0.1, 0.15) is 25.7 Å². The molecule has 1 heterocycles. The third-order valence-corrected chi connectivity index (χ3v) is 3.87. The van der Waals surface area contributed by atoms with Gasteiger partial charge in [0.15, 0.2) is 0 Å². The Morgan fingerprint density at radius 1 is 1.25 bits per heavy atom. The smallest absolute Gasteiger partial charge is 0.0167 e. The van der Waals surface area contributed by atoms with Crippen molar-refractivity contribution >= 4 is 0 Å². The molecule has 3 fully saturated rings. The molecular weight excluding hydrogens is 148 g/mol. The maximum Gasteiger partial charge on any atom is 0.0167 e. The van der Waals surface area contributed by atoms with Gasteiger partial charge in [-0.2, -0.15) is 0 Å². The van der Waals surface area contributed by atoms with Crippen LogP contribution < -0.4 is 5.73 Å². The van der Waals surface area contributed by atoms with Crippen molar-refractivity contribution in [3.8, 4) is 0 Å². The minimum Gasteiger partial charge on any atom is -0.325 e. The summed E-state index contributed by atoms with van der Waals surface area (Å²) in [4.78, 5) is 2.62. The molecule has 2 aliphatic carbocycles. The van der Waals surface area contributed by atoms with E-state index in [1.54, 1.807) is 0 Å². The fraction of sp³-hybridized carbons (Fsp3) is 1.00. The first kappa shape index (κ1) is 7.34. The molecule has 2 saturated carbocycles. The van der Waals surface area contributed by atoms with Gasteiger partial charge in [0.2, 0.25) is 0 Å². The maximum atomic E-state index is 6.04. The van der Waals surface area contributed by atoms with Gasteiger partial charge in [0.1, 0.15) is 0 Å². The topological polar surface area (TPSA) is 29.3 Å². The van der Waals surface area contributed by atoms with E-state index < -0.39 is 0 Å². The van der Waals surface area contributed by atoms with Crippen molar-refractivity contribution < 1.29 is 0 Å². The van der Waals surface area contributed by atoms with E-state index in [2.05, 4.69) is 4.90 Å². The van der Waals surface area contributed by atoms with E-state index in [1.165, 1.54) is 45.3 Å². The van der Waals surface area contributed by atoms with Crippen LogP contribution in [0.25, 0.3) is 0 Å². The third-order valence-electron chi connectivity index (χ3n) is 3.87. The maximum absolute atomic E-state index is 6.04. The molecule has 0 spiro atoms. The standard InChI is InChI=1S/C10H18N2/c11-10(1-2-10)3-4-12-6-8-5-9(8)7-12/h8-9H,1-7,11H2. The Hall–Kier alpha value is -0.0800. The molecule has 3 rings (SSSR count). The van der Waals surface area contributed by atoms with E-state index in [0.29, 0.717) is 0 Å². The Morgan fingerprint density at radius 3 is 2.50 bits per heavy atom. The predicted octanol–water partition coefficient (Wildman–Crippen LogP) is 0.819. The van der Waals surface area contributed by atoms with Crippen LogP contribution >= 0.6 is 0 Å². The summed E-state index contributed by atoms with van der Waals surface area (Å²) in [5.74, 6) is 2.16. The van der Waals surface area contributed by atoms with Crippen molar-refractivity contribution in [1.82, 2.24) is 4.90 Å². The van der Waals surface area contributed by atoms with Gasteiger partial charge in [-0.1, -0.05) is 0 Å². The monoisotopic (exact) mass is 166 g/mol. The summed E-state index contributed by atoms with van der Waals surface area (Å²) in [6.45, 7) is 4.02. The second-order valence-corrected chi connectivity index (χ2v) is 5.13. The summed E-state index contributed by atoms with van der Waals surface area (Å²) in [6, 6.07) is 0. The van der Waals surface area contributed by atoms with Gasteiger partial charge >= 0.3 is 0 Å². The summed E-state index contributed by atoms with van der Waals surface area (Å²) in [7, 11) is 0. The van der Waals surface area contributed by atoms with Gasteiger partial charge < -0.3 is 10.6 Å². The lowest BCUT2D eigenvalue weighted by molar-refractivity contribution is 0.288. The number of likely N-dealkylation sites (tertiary alicyclic amines) is 1. The third kappa shape index (κ3) is 1.27. The van der Waals surface area contributed by atoms with Crippen molar-refractivity contribution in [2.45, 2.75) is 31.2 Å². The first-order chi connectivity index (χ1) is 5.75. The Bertz CT molecular complexity index is 188. The molecule has 0 bridgehead atoms. The van der Waals surface area contributed by atoms with Crippen LogP contribution in [-0.4, -0.2) is 30.1 Å². The molecular formula is C10H18N2. The number of piperidine rings is 1. The van der Waals surface area contributed by atoms with Crippen molar-refractivity contribution in [3.05, 3.63) is 0 Å². The minimum absolute atomic E-state index is 0.271. The lowest BCUT2D eigenvalue weighted by Crippen LogP contribution is -2.31. The van der Waals surface area contributed by atoms with Crippen molar-refractivity contribution in [2.75, 3.05) is 19.6 Å². The molecule has 0 amide bonds. The van der Waals surface area contributed by atoms with E-state index in [-0.39, 0.29) is 5.54 Å². The highest BCUT2D eigenvalue weighted by Crippen LogP contribution is 2.45. The largest absolute Gasteiger partial charge is 0.325 e. The van der Waals surface area contributed by atoms with Crippen molar-refractivity contribution in [3.63, 3.8) is 0 Å². The first-order valence-corrected chi connectivity index (χ1v) is 5.26. The fourth-order valence-corrected chi connectivity index (χ4v) is 2.47. The molecule has 3 aliphatic rings. The molecule has 2 N–H and O–H groups in total. The summed E-state index contributed by atoms with van der Waals surface area (Å²) < 4.78 is 0. The lowest BCUT2D eigenvalue weighted by Gasteiger charge is -2.19. The number of hydrogen-bond donors (Lipinski definition) is 1. The highest BCUT2D eigenvalue weighted by molar-refractivity contribution is 5.01. The fourth-order valence-electron chi connectivity index (χ4n) is 2.47. The zero-order valence-electron chi connectivity index (χ0n) is 7.63. The van der Waals surface area contributed by atoms with Gasteiger partial charge in [-0.15, -0.1) is 0 Å². The second kappa shape index (κ2) is 2.24. The highest BCUT2D eigenvalue weighted by Gasteiger charge is 2.46. The Kier molecular flexibility index (Phi) is 1.37. The molecule has 1 aliphatic heterocycles. The summed E-state index contributed by atoms with van der Waals surface area (Å²) in [6.07, 6.45) is 5.30. The zero-order chi connectivity index (χ0) is 8.18. The van der Waals surface area contributed by atoms with Gasteiger partial charge in [0.05, 0.1) is 0 Å². The van der Waals surface area contributed by atoms with E-state index in [0.717, 1.165) is 11.8 Å². The molecule has 68 valence electrons. The molecule has 2 heteroatoms. The molecule has 0 aromatic rings. The van der Waals surface area contributed by atoms with Crippen LogP contribution in [0.15, 0.2) is 0 Å². The van der Waals surface area contributed by atoms with Gasteiger partial charge in [0.25, 0.3) is 0 Å². The van der Waals surface area contributed by atoms with Gasteiger partial charge in [-0.3, -0.25) is 0 Å². The number of nitrogens with two attached hydrogens (primary N) is 1. The predicted molar refractivity (Wildman–Crippen MR) is 48.8 cm³/mol. The van der Waals surface area contributed by atoms with Gasteiger partial charge in [0, 0.05) is 18.6 Å². The quantitative estimate of drug-likeness (QED) is 0.672. The van der Waals surface area contributed by atoms with Crippen LogP contribution in [0.5, 0.6) is 0 Å². The lowest BCUT2D eigenvalue weighted by atomic mass is 10.2. The number of hydrogen-bond acceptors (Lipinski definition) is 2. The minimum atomic E-state index is 0.271. The second-order valence-electron chi connectivity index (χ2n) is 5.13. The van der Waals surface area contributed by atoms with Crippen LogP contribution in [0, 0.1) is 11.8 Å². The Morgan fingerprint density at radius 2 is 1.92 bits per heavy atom. The highest BCUT2D eigenvalue weighted by atomic mass is 15.2. The summed E-state index contributed by atoms with van der Waals surface area (Å²) in [5.41, 5.74) is 6.31. The zero-order valence-corrected chi connectivity index (χ0v) is 7.63. The van der Waals surface area contributed by atoms with Crippen LogP contribution in [-0.2, 0) is 0 Å². The van der Waals surface area contributed by atoms with E-state index >= 15 is 0 Å². The van der Waals surface area contributed by atoms with Crippen LogP contribution in [0.4, 0.5) is 0 Å². The van der Waals surface area contributed by atoms with E-state index in [9.17, 15) is 0 Å². The average molecular weight is 166 g/mol. The molecule has 2 atom stereocenters. The van der Waals surface area contributed by atoms with Crippen LogP contribution in [0.2, 0.25) is 0 Å². The SMILES string of the molecule is NC1(CCN2CC3CC3C2)CC1. The Labute approximate surface area is 74.1 Å². The number of rotatable bonds is 3. The average Bonchev–Trinajstić information content (AvgIpc) is 2.93. The summed E-state index contributed by atoms with van der Waals surface area (Å²) in [5, 5.41) is 0. The van der Waals surface area contributed by atoms with Crippen molar-refractivity contribution in [2.24, 2.45) is 17.6 Å². The molecule has 0 radical (unpaired) electrons.